The van der Waals surface area contributed by atoms with Crippen LogP contribution in [0.2, 0.25) is 10.0 Å². The van der Waals surface area contributed by atoms with Crippen LogP contribution >= 0.6 is 39.1 Å². The van der Waals surface area contributed by atoms with Crippen LogP contribution in [-0.4, -0.2) is 16.0 Å². The molecule has 98 valence electrons. The molecule has 7 heteroatoms. The molecule has 0 saturated heterocycles. The summed E-state index contributed by atoms with van der Waals surface area (Å²) >= 11 is 14.8. The minimum absolute atomic E-state index is 0.0582. The first-order valence-corrected chi connectivity index (χ1v) is 6.64. The van der Waals surface area contributed by atoms with Crippen LogP contribution in [0.3, 0.4) is 0 Å². The molecular weight excluding hydrogens is 355 g/mol. The van der Waals surface area contributed by atoms with E-state index in [2.05, 4.69) is 26.2 Å². The highest BCUT2D eigenvalue weighted by atomic mass is 79.9. The zero-order valence-electron chi connectivity index (χ0n) is 9.32. The fraction of sp³-hybridized carbons (Fsp3) is 0. The number of benzene rings is 1. The van der Waals surface area contributed by atoms with Gasteiger partial charge in [-0.1, -0.05) is 23.2 Å². The van der Waals surface area contributed by atoms with Gasteiger partial charge in [-0.15, -0.1) is 0 Å². The van der Waals surface area contributed by atoms with Gasteiger partial charge < -0.3 is 10.4 Å². The summed E-state index contributed by atoms with van der Waals surface area (Å²) in [5.41, 5.74) is 0.318. The van der Waals surface area contributed by atoms with Crippen molar-refractivity contribution in [1.29, 1.82) is 0 Å². The molecule has 0 aliphatic heterocycles. The van der Waals surface area contributed by atoms with Crippen LogP contribution in [0.4, 0.5) is 5.69 Å². The number of amides is 1. The number of hydrogen-bond acceptors (Lipinski definition) is 3. The van der Waals surface area contributed by atoms with Crippen molar-refractivity contribution in [3.8, 4) is 5.75 Å². The van der Waals surface area contributed by atoms with E-state index < -0.39 is 5.91 Å². The number of nitrogens with zero attached hydrogens (tertiary/aromatic N) is 1. The molecule has 0 atom stereocenters. The zero-order valence-corrected chi connectivity index (χ0v) is 12.4. The number of pyridine rings is 1. The summed E-state index contributed by atoms with van der Waals surface area (Å²) in [6, 6.07) is 6.16. The van der Waals surface area contributed by atoms with Gasteiger partial charge in [0.2, 0.25) is 0 Å². The van der Waals surface area contributed by atoms with E-state index in [9.17, 15) is 9.90 Å². The van der Waals surface area contributed by atoms with Crippen molar-refractivity contribution in [2.45, 2.75) is 0 Å². The van der Waals surface area contributed by atoms with Crippen molar-refractivity contribution in [2.75, 3.05) is 5.32 Å². The average Bonchev–Trinajstić information content (AvgIpc) is 2.35. The summed E-state index contributed by atoms with van der Waals surface area (Å²) in [7, 11) is 0. The summed E-state index contributed by atoms with van der Waals surface area (Å²) in [6.07, 6.45) is 1.49. The Hall–Kier alpha value is -1.30. The third-order valence-electron chi connectivity index (χ3n) is 2.25. The summed E-state index contributed by atoms with van der Waals surface area (Å²) in [5.74, 6) is -0.729. The number of anilines is 1. The van der Waals surface area contributed by atoms with Crippen molar-refractivity contribution in [2.24, 2.45) is 0 Å². The summed E-state index contributed by atoms with van der Waals surface area (Å²) < 4.78 is 0.542. The molecule has 1 amide bonds. The maximum absolute atomic E-state index is 12.0. The van der Waals surface area contributed by atoms with E-state index in [1.807, 2.05) is 0 Å². The van der Waals surface area contributed by atoms with Crippen molar-refractivity contribution < 1.29 is 9.90 Å². The molecule has 0 bridgehead atoms. The fourth-order valence-corrected chi connectivity index (χ4v) is 2.32. The lowest BCUT2D eigenvalue weighted by molar-refractivity contribution is 0.102. The zero-order chi connectivity index (χ0) is 14.0. The molecule has 1 heterocycles. The first kappa shape index (κ1) is 14.1. The Morgan fingerprint density at radius 3 is 2.79 bits per heavy atom. The van der Waals surface area contributed by atoms with Gasteiger partial charge in [-0.05, 0) is 40.2 Å². The molecule has 0 spiro atoms. The van der Waals surface area contributed by atoms with Crippen molar-refractivity contribution in [3.05, 3.63) is 50.7 Å². The molecule has 2 rings (SSSR count). The van der Waals surface area contributed by atoms with Gasteiger partial charge >= 0.3 is 0 Å². The number of phenolic OH excluding ortho intramolecular Hbond substituents is 1. The molecule has 2 aromatic rings. The fourth-order valence-electron chi connectivity index (χ4n) is 1.40. The molecule has 2 N–H and O–H groups in total. The molecule has 0 aliphatic rings. The number of nitrogens with one attached hydrogen (secondary N) is 1. The van der Waals surface area contributed by atoms with Gasteiger partial charge in [0.1, 0.15) is 5.69 Å². The number of halogens is 3. The van der Waals surface area contributed by atoms with Gasteiger partial charge in [0.05, 0.1) is 10.7 Å². The SMILES string of the molecule is O=C(Nc1cc(Cl)cc(Cl)c1O)c1ncccc1Br. The van der Waals surface area contributed by atoms with Crippen LogP contribution in [0.15, 0.2) is 34.9 Å². The molecule has 4 nitrogen and oxygen atoms in total. The maximum Gasteiger partial charge on any atom is 0.275 e. The number of phenols is 1. The number of rotatable bonds is 2. The van der Waals surface area contributed by atoms with E-state index in [1.165, 1.54) is 18.3 Å². The molecule has 0 radical (unpaired) electrons. The Kier molecular flexibility index (Phi) is 4.29. The molecule has 1 aromatic heterocycles. The van der Waals surface area contributed by atoms with E-state index in [1.54, 1.807) is 12.1 Å². The highest BCUT2D eigenvalue weighted by molar-refractivity contribution is 9.10. The highest BCUT2D eigenvalue weighted by Gasteiger charge is 2.15. The third-order valence-corrected chi connectivity index (χ3v) is 3.40. The lowest BCUT2D eigenvalue weighted by atomic mass is 10.2. The van der Waals surface area contributed by atoms with Gasteiger partial charge in [-0.2, -0.15) is 0 Å². The normalized spacial score (nSPS) is 10.3. The lowest BCUT2D eigenvalue weighted by Crippen LogP contribution is -2.14. The first-order valence-electron chi connectivity index (χ1n) is 5.09. The molecule has 0 aliphatic carbocycles. The Balaban J connectivity index is 2.32. The first-order chi connectivity index (χ1) is 8.99. The standard InChI is InChI=1S/C12H7BrCl2N2O2/c13-7-2-1-3-16-10(7)12(19)17-9-5-6(14)4-8(15)11(9)18/h1-5,18H,(H,17,19). The summed E-state index contributed by atoms with van der Waals surface area (Å²) in [4.78, 5) is 16.0. The highest BCUT2D eigenvalue weighted by Crippen LogP contribution is 2.35. The van der Waals surface area contributed by atoms with E-state index in [0.717, 1.165) is 0 Å². The van der Waals surface area contributed by atoms with Crippen LogP contribution < -0.4 is 5.32 Å². The number of aromatic hydroxyl groups is 1. The molecule has 0 unspecified atom stereocenters. The predicted octanol–water partition coefficient (Wildman–Crippen LogP) is 4.11. The van der Waals surface area contributed by atoms with E-state index in [-0.39, 0.29) is 22.2 Å². The molecule has 0 fully saturated rings. The average molecular weight is 362 g/mol. The second-order valence-corrected chi connectivity index (χ2v) is 5.27. The van der Waals surface area contributed by atoms with Crippen LogP contribution in [0.5, 0.6) is 5.75 Å². The Morgan fingerprint density at radius 2 is 2.11 bits per heavy atom. The molecule has 1 aromatic carbocycles. The predicted molar refractivity (Wildman–Crippen MR) is 78.0 cm³/mol. The monoisotopic (exact) mass is 360 g/mol. The van der Waals surface area contributed by atoms with Gasteiger partial charge in [-0.3, -0.25) is 4.79 Å². The topological polar surface area (TPSA) is 62.2 Å². The Morgan fingerprint density at radius 1 is 1.37 bits per heavy atom. The second-order valence-electron chi connectivity index (χ2n) is 3.57. The maximum atomic E-state index is 12.0. The number of aromatic nitrogens is 1. The van der Waals surface area contributed by atoms with Crippen LogP contribution in [0, 0.1) is 0 Å². The molecule has 19 heavy (non-hydrogen) atoms. The van der Waals surface area contributed by atoms with Crippen molar-refractivity contribution in [1.82, 2.24) is 4.98 Å². The number of carbonyl (C=O) groups is 1. The lowest BCUT2D eigenvalue weighted by Gasteiger charge is -2.09. The van der Waals surface area contributed by atoms with Crippen LogP contribution in [0.1, 0.15) is 10.5 Å². The van der Waals surface area contributed by atoms with Crippen molar-refractivity contribution >= 4 is 50.7 Å². The number of carbonyl (C=O) groups excluding carboxylic acids is 1. The van der Waals surface area contributed by atoms with Gasteiger partial charge in [0.15, 0.2) is 5.75 Å². The van der Waals surface area contributed by atoms with Gasteiger partial charge in [0.25, 0.3) is 5.91 Å². The minimum atomic E-state index is -0.485. The quantitative estimate of drug-likeness (QED) is 0.791. The third kappa shape index (κ3) is 3.18. The molecular formula is C12H7BrCl2N2O2. The van der Waals surface area contributed by atoms with Gasteiger partial charge in [0, 0.05) is 15.7 Å². The largest absolute Gasteiger partial charge is 0.504 e. The summed E-state index contributed by atoms with van der Waals surface area (Å²) in [6.45, 7) is 0. The second kappa shape index (κ2) is 5.77. The Labute approximate surface area is 127 Å². The molecule has 0 saturated carbocycles. The Bertz CT molecular complexity index is 650. The smallest absolute Gasteiger partial charge is 0.275 e. The number of hydrogen-bond donors (Lipinski definition) is 2. The van der Waals surface area contributed by atoms with Crippen LogP contribution in [0.25, 0.3) is 0 Å². The minimum Gasteiger partial charge on any atom is -0.504 e. The van der Waals surface area contributed by atoms with Crippen molar-refractivity contribution in [3.63, 3.8) is 0 Å². The van der Waals surface area contributed by atoms with E-state index >= 15 is 0 Å². The van der Waals surface area contributed by atoms with Crippen LogP contribution in [-0.2, 0) is 0 Å². The summed E-state index contributed by atoms with van der Waals surface area (Å²) in [5, 5.41) is 12.6. The van der Waals surface area contributed by atoms with E-state index in [0.29, 0.717) is 9.50 Å². The van der Waals surface area contributed by atoms with Gasteiger partial charge in [-0.25, -0.2) is 4.98 Å². The van der Waals surface area contributed by atoms with E-state index in [4.69, 9.17) is 23.2 Å².